The Bertz CT molecular complexity index is 910. The molecule has 2 aliphatic carbocycles. The summed E-state index contributed by atoms with van der Waals surface area (Å²) in [6.07, 6.45) is 6.58. The summed E-state index contributed by atoms with van der Waals surface area (Å²) in [4.78, 5) is 13.3. The smallest absolute Gasteiger partial charge is 0.171 e. The van der Waals surface area contributed by atoms with E-state index in [4.69, 9.17) is 11.6 Å². The maximum atomic E-state index is 13.3. The summed E-state index contributed by atoms with van der Waals surface area (Å²) in [5.74, 6) is 0.306. The standard InChI is InChI=1S/C23H21ClO/c1-23(2,3)15-9-12-18-19-6-4-5-17(14-7-10-16(24)11-8-14)21(19)22(25)20(18)13-15/h4-13,18,20H,1-3H3. The maximum absolute atomic E-state index is 13.3. The van der Waals surface area contributed by atoms with E-state index in [1.54, 1.807) is 0 Å². The fourth-order valence-electron chi connectivity index (χ4n) is 3.88. The molecule has 0 N–H and O–H groups in total. The van der Waals surface area contributed by atoms with Crippen molar-refractivity contribution in [2.45, 2.75) is 26.7 Å². The molecular formula is C23H21ClO. The summed E-state index contributed by atoms with van der Waals surface area (Å²) < 4.78 is 0. The van der Waals surface area contributed by atoms with Gasteiger partial charge in [-0.3, -0.25) is 4.79 Å². The Hall–Kier alpha value is -2.12. The summed E-state index contributed by atoms with van der Waals surface area (Å²) in [5, 5.41) is 0.706. The van der Waals surface area contributed by atoms with Crippen LogP contribution in [0.2, 0.25) is 5.02 Å². The summed E-state index contributed by atoms with van der Waals surface area (Å²) in [5.41, 5.74) is 5.35. The number of hydrogen-bond donors (Lipinski definition) is 0. The number of rotatable bonds is 1. The van der Waals surface area contributed by atoms with Crippen LogP contribution in [-0.2, 0) is 0 Å². The van der Waals surface area contributed by atoms with Gasteiger partial charge in [0, 0.05) is 16.5 Å². The summed E-state index contributed by atoms with van der Waals surface area (Å²) in [6, 6.07) is 13.9. The Kier molecular flexibility index (Phi) is 3.73. The molecule has 0 heterocycles. The average molecular weight is 349 g/mol. The quantitative estimate of drug-likeness (QED) is 0.579. The maximum Gasteiger partial charge on any atom is 0.171 e. The number of benzene rings is 2. The molecule has 2 unspecified atom stereocenters. The van der Waals surface area contributed by atoms with E-state index in [1.165, 1.54) is 5.57 Å². The van der Waals surface area contributed by atoms with Crippen LogP contribution < -0.4 is 0 Å². The van der Waals surface area contributed by atoms with Crippen molar-refractivity contribution < 1.29 is 4.79 Å². The Labute approximate surface area is 154 Å². The number of fused-ring (bicyclic) bond motifs is 3. The van der Waals surface area contributed by atoms with E-state index in [-0.39, 0.29) is 23.0 Å². The van der Waals surface area contributed by atoms with Gasteiger partial charge >= 0.3 is 0 Å². The van der Waals surface area contributed by atoms with Gasteiger partial charge < -0.3 is 0 Å². The third-order valence-corrected chi connectivity index (χ3v) is 5.51. The minimum absolute atomic E-state index is 0.0511. The first-order valence-electron chi connectivity index (χ1n) is 8.70. The van der Waals surface area contributed by atoms with Crippen molar-refractivity contribution in [3.8, 4) is 11.1 Å². The molecular weight excluding hydrogens is 328 g/mol. The fourth-order valence-corrected chi connectivity index (χ4v) is 4.00. The van der Waals surface area contributed by atoms with Crippen LogP contribution in [-0.4, -0.2) is 5.78 Å². The lowest BCUT2D eigenvalue weighted by Crippen LogP contribution is -2.18. The topological polar surface area (TPSA) is 17.1 Å². The van der Waals surface area contributed by atoms with Gasteiger partial charge in [-0.1, -0.05) is 80.9 Å². The van der Waals surface area contributed by atoms with E-state index >= 15 is 0 Å². The van der Waals surface area contributed by atoms with Gasteiger partial charge in [0.05, 0.1) is 5.92 Å². The highest BCUT2D eigenvalue weighted by Gasteiger charge is 2.40. The number of allylic oxidation sites excluding steroid dienone is 4. The molecule has 0 saturated heterocycles. The zero-order chi connectivity index (χ0) is 17.8. The molecule has 2 aromatic carbocycles. The number of ketones is 1. The van der Waals surface area contributed by atoms with Crippen LogP contribution >= 0.6 is 11.6 Å². The largest absolute Gasteiger partial charge is 0.293 e. The molecule has 0 aromatic heterocycles. The molecule has 2 aromatic rings. The van der Waals surface area contributed by atoms with E-state index in [9.17, 15) is 4.79 Å². The normalized spacial score (nSPS) is 21.8. The molecule has 4 rings (SSSR count). The summed E-state index contributed by atoms with van der Waals surface area (Å²) in [6.45, 7) is 6.57. The van der Waals surface area contributed by atoms with Gasteiger partial charge in [0.1, 0.15) is 0 Å². The molecule has 2 aliphatic rings. The molecule has 2 heteroatoms. The summed E-state index contributed by atoms with van der Waals surface area (Å²) in [7, 11) is 0. The van der Waals surface area contributed by atoms with Gasteiger partial charge in [-0.05, 0) is 39.8 Å². The van der Waals surface area contributed by atoms with Crippen molar-refractivity contribution in [2.75, 3.05) is 0 Å². The first kappa shape index (κ1) is 16.4. The van der Waals surface area contributed by atoms with E-state index in [2.05, 4.69) is 51.1 Å². The Morgan fingerprint density at radius 3 is 2.36 bits per heavy atom. The zero-order valence-electron chi connectivity index (χ0n) is 14.7. The lowest BCUT2D eigenvalue weighted by Gasteiger charge is -2.26. The number of halogens is 1. The Morgan fingerprint density at radius 1 is 0.960 bits per heavy atom. The Balaban J connectivity index is 1.83. The van der Waals surface area contributed by atoms with Crippen LogP contribution in [0.5, 0.6) is 0 Å². The first-order valence-corrected chi connectivity index (χ1v) is 9.07. The van der Waals surface area contributed by atoms with Gasteiger partial charge in [0.25, 0.3) is 0 Å². The molecule has 0 saturated carbocycles. The predicted octanol–water partition coefficient (Wildman–Crippen LogP) is 6.45. The predicted molar refractivity (Wildman–Crippen MR) is 104 cm³/mol. The molecule has 2 atom stereocenters. The van der Waals surface area contributed by atoms with Gasteiger partial charge in [0.2, 0.25) is 0 Å². The van der Waals surface area contributed by atoms with E-state index < -0.39 is 0 Å². The van der Waals surface area contributed by atoms with Crippen LogP contribution in [0, 0.1) is 11.3 Å². The average Bonchev–Trinajstić information content (AvgIpc) is 2.88. The van der Waals surface area contributed by atoms with Gasteiger partial charge in [-0.15, -0.1) is 0 Å². The van der Waals surface area contributed by atoms with Crippen molar-refractivity contribution in [1.29, 1.82) is 0 Å². The summed E-state index contributed by atoms with van der Waals surface area (Å²) >= 11 is 6.02. The second-order valence-corrected chi connectivity index (χ2v) is 8.36. The first-order chi connectivity index (χ1) is 11.9. The van der Waals surface area contributed by atoms with Crippen LogP contribution in [0.15, 0.2) is 66.3 Å². The van der Waals surface area contributed by atoms with E-state index in [0.717, 1.165) is 22.3 Å². The van der Waals surface area contributed by atoms with Crippen LogP contribution in [0.3, 0.4) is 0 Å². The van der Waals surface area contributed by atoms with Crippen molar-refractivity contribution >= 4 is 17.4 Å². The van der Waals surface area contributed by atoms with E-state index in [1.807, 2.05) is 30.3 Å². The van der Waals surface area contributed by atoms with Crippen molar-refractivity contribution in [3.63, 3.8) is 0 Å². The lowest BCUT2D eigenvalue weighted by atomic mass is 9.77. The third kappa shape index (κ3) is 2.67. The highest BCUT2D eigenvalue weighted by atomic mass is 35.5. The minimum Gasteiger partial charge on any atom is -0.293 e. The SMILES string of the molecule is CC(C)(C)C1=CC2C(=O)c3c(-c4ccc(Cl)cc4)cccc3C2C=C1. The molecule has 0 spiro atoms. The molecule has 1 nitrogen and oxygen atoms in total. The molecule has 0 bridgehead atoms. The van der Waals surface area contributed by atoms with Crippen LogP contribution in [0.4, 0.5) is 0 Å². The highest BCUT2D eigenvalue weighted by molar-refractivity contribution is 6.30. The minimum atomic E-state index is -0.0809. The van der Waals surface area contributed by atoms with Crippen LogP contribution in [0.25, 0.3) is 11.1 Å². The Morgan fingerprint density at radius 2 is 1.68 bits per heavy atom. The molecule has 0 radical (unpaired) electrons. The van der Waals surface area contributed by atoms with Crippen molar-refractivity contribution in [3.05, 3.63) is 82.4 Å². The molecule has 0 fully saturated rings. The molecule has 0 amide bonds. The number of carbonyl (C=O) groups excluding carboxylic acids is 1. The highest BCUT2D eigenvalue weighted by Crippen LogP contribution is 2.47. The third-order valence-electron chi connectivity index (χ3n) is 5.26. The molecule has 126 valence electrons. The van der Waals surface area contributed by atoms with Gasteiger partial charge in [0.15, 0.2) is 5.78 Å². The fraction of sp³-hybridized carbons (Fsp3) is 0.261. The second kappa shape index (κ2) is 5.71. The monoisotopic (exact) mass is 348 g/mol. The van der Waals surface area contributed by atoms with Gasteiger partial charge in [-0.25, -0.2) is 0 Å². The number of carbonyl (C=O) groups is 1. The zero-order valence-corrected chi connectivity index (χ0v) is 15.5. The molecule has 0 aliphatic heterocycles. The van der Waals surface area contributed by atoms with Gasteiger partial charge in [-0.2, -0.15) is 0 Å². The second-order valence-electron chi connectivity index (χ2n) is 7.92. The lowest BCUT2D eigenvalue weighted by molar-refractivity contribution is 0.0954. The van der Waals surface area contributed by atoms with Crippen molar-refractivity contribution in [1.82, 2.24) is 0 Å². The van der Waals surface area contributed by atoms with Crippen molar-refractivity contribution in [2.24, 2.45) is 11.3 Å². The number of hydrogen-bond acceptors (Lipinski definition) is 1. The van der Waals surface area contributed by atoms with Crippen LogP contribution in [0.1, 0.15) is 42.6 Å². The number of Topliss-reactive ketones (excluding diaryl/α,β-unsaturated/α-hetero) is 1. The molecule has 25 heavy (non-hydrogen) atoms. The van der Waals surface area contributed by atoms with E-state index in [0.29, 0.717) is 5.02 Å².